The van der Waals surface area contributed by atoms with Gasteiger partial charge in [0, 0.05) is 6.42 Å². The average Bonchev–Trinajstić information content (AvgIpc) is 2.60. The van der Waals surface area contributed by atoms with Crippen molar-refractivity contribution in [3.05, 3.63) is 0 Å². The summed E-state index contributed by atoms with van der Waals surface area (Å²) >= 11 is 0. The normalized spacial score (nSPS) is 14.6. The molecule has 9 N–H and O–H groups in total. The minimum Gasteiger partial charge on any atom is -0.481 e. The van der Waals surface area contributed by atoms with Crippen LogP contribution in [0.25, 0.3) is 0 Å². The minimum absolute atomic E-state index is 0.461. The minimum atomic E-state index is -1.69. The topological polar surface area (TPSA) is 245 Å². The number of nitrogens with two attached hydrogens (primary N) is 1. The molecule has 0 aromatic rings. The van der Waals surface area contributed by atoms with Gasteiger partial charge < -0.3 is 42.1 Å². The van der Waals surface area contributed by atoms with Gasteiger partial charge in [0.1, 0.15) is 18.1 Å². The Balaban J connectivity index is 4.96. The monoisotopic (exact) mass is 420 g/mol. The van der Waals surface area contributed by atoms with E-state index in [9.17, 15) is 33.9 Å². The third-order valence-corrected chi connectivity index (χ3v) is 3.54. The Bertz CT molecular complexity index is 651. The van der Waals surface area contributed by atoms with Crippen LogP contribution in [0.2, 0.25) is 0 Å². The van der Waals surface area contributed by atoms with Crippen LogP contribution < -0.4 is 21.7 Å². The number of hydrogen-bond acceptors (Lipinski definition) is 8. The van der Waals surface area contributed by atoms with Crippen molar-refractivity contribution in [1.29, 1.82) is 0 Å². The smallest absolute Gasteiger partial charge is 0.326 e. The fourth-order valence-electron chi connectivity index (χ4n) is 1.93. The molecule has 14 nitrogen and oxygen atoms in total. The molecule has 0 saturated heterocycles. The van der Waals surface area contributed by atoms with Gasteiger partial charge in [0.2, 0.25) is 17.7 Å². The molecule has 0 radical (unpaired) electrons. The van der Waals surface area contributed by atoms with E-state index in [1.165, 1.54) is 6.92 Å². The summed E-state index contributed by atoms with van der Waals surface area (Å²) in [6, 6.07) is -4.61. The summed E-state index contributed by atoms with van der Waals surface area (Å²) in [6.45, 7) is 0.560. The van der Waals surface area contributed by atoms with E-state index in [1.54, 1.807) is 0 Å². The number of nitrogens with one attached hydrogen (secondary N) is 3. The van der Waals surface area contributed by atoms with Gasteiger partial charge in [-0.3, -0.25) is 24.0 Å². The van der Waals surface area contributed by atoms with E-state index in [2.05, 4.69) is 5.32 Å². The van der Waals surface area contributed by atoms with E-state index in [1.807, 2.05) is 10.6 Å². The summed E-state index contributed by atoms with van der Waals surface area (Å²) in [4.78, 5) is 68.2. The molecule has 0 fully saturated rings. The molecule has 14 heteroatoms. The highest BCUT2D eigenvalue weighted by Crippen LogP contribution is 2.01. The molecular weight excluding hydrogens is 396 g/mol. The van der Waals surface area contributed by atoms with Crippen LogP contribution in [0.4, 0.5) is 0 Å². The van der Waals surface area contributed by atoms with Crippen LogP contribution in [0, 0.1) is 0 Å². The number of carboxylic acids is 3. The number of aliphatic hydroxyl groups is 1. The number of amides is 3. The third kappa shape index (κ3) is 10.6. The molecule has 0 aliphatic rings. The number of carbonyl (C=O) groups excluding carboxylic acids is 3. The van der Waals surface area contributed by atoms with E-state index in [-0.39, 0.29) is 0 Å². The van der Waals surface area contributed by atoms with Crippen LogP contribution in [-0.4, -0.2) is 86.8 Å². The van der Waals surface area contributed by atoms with Gasteiger partial charge in [-0.05, 0) is 13.3 Å². The lowest BCUT2D eigenvalue weighted by Gasteiger charge is -2.20. The standard InChI is InChI=1S/C15H24N4O10/c1-6(20)12(16)14(27)17-5-9(21)18-8(4-11(24)25)13(26)19-7(15(28)29)2-3-10(22)23/h6-8,12,20H,2-5,16H2,1H3,(H,17,27)(H,18,21)(H,19,26)(H,22,23)(H,24,25)(H,28,29). The van der Waals surface area contributed by atoms with E-state index in [4.69, 9.17) is 21.1 Å². The summed E-state index contributed by atoms with van der Waals surface area (Å²) in [5.41, 5.74) is 5.36. The summed E-state index contributed by atoms with van der Waals surface area (Å²) in [5, 5.41) is 41.8. The molecule has 0 spiro atoms. The quantitative estimate of drug-likeness (QED) is 0.143. The third-order valence-electron chi connectivity index (χ3n) is 3.54. The fourth-order valence-corrected chi connectivity index (χ4v) is 1.93. The molecule has 0 saturated carbocycles. The van der Waals surface area contributed by atoms with Gasteiger partial charge in [0.25, 0.3) is 0 Å². The predicted molar refractivity (Wildman–Crippen MR) is 93.3 cm³/mol. The zero-order valence-corrected chi connectivity index (χ0v) is 15.5. The predicted octanol–water partition coefficient (Wildman–Crippen LogP) is -3.80. The van der Waals surface area contributed by atoms with Gasteiger partial charge >= 0.3 is 17.9 Å². The maximum atomic E-state index is 12.2. The zero-order chi connectivity index (χ0) is 22.7. The highest BCUT2D eigenvalue weighted by Gasteiger charge is 2.29. The van der Waals surface area contributed by atoms with E-state index < -0.39 is 85.7 Å². The van der Waals surface area contributed by atoms with Gasteiger partial charge in [-0.15, -0.1) is 0 Å². The van der Waals surface area contributed by atoms with Crippen molar-refractivity contribution in [2.75, 3.05) is 6.54 Å². The van der Waals surface area contributed by atoms with E-state index in [0.29, 0.717) is 0 Å². The van der Waals surface area contributed by atoms with Gasteiger partial charge in [-0.2, -0.15) is 0 Å². The Morgan fingerprint density at radius 3 is 1.93 bits per heavy atom. The Labute approximate surface area is 164 Å². The summed E-state index contributed by atoms with van der Waals surface area (Å²) < 4.78 is 0. The van der Waals surface area contributed by atoms with Crippen LogP contribution in [0.1, 0.15) is 26.2 Å². The maximum Gasteiger partial charge on any atom is 0.326 e. The first-order valence-electron chi connectivity index (χ1n) is 8.32. The van der Waals surface area contributed by atoms with Crippen molar-refractivity contribution < 1.29 is 49.2 Å². The van der Waals surface area contributed by atoms with Crippen molar-refractivity contribution in [1.82, 2.24) is 16.0 Å². The van der Waals surface area contributed by atoms with Crippen LogP contribution in [0.15, 0.2) is 0 Å². The number of carbonyl (C=O) groups is 6. The van der Waals surface area contributed by atoms with Crippen LogP contribution in [0.3, 0.4) is 0 Å². The maximum absolute atomic E-state index is 12.2. The highest BCUT2D eigenvalue weighted by atomic mass is 16.4. The van der Waals surface area contributed by atoms with Gasteiger partial charge in [-0.25, -0.2) is 4.79 Å². The summed E-state index contributed by atoms with van der Waals surface area (Å²) in [6.07, 6.45) is -3.12. The van der Waals surface area contributed by atoms with Crippen LogP contribution in [-0.2, 0) is 28.8 Å². The first-order chi connectivity index (χ1) is 13.3. The molecule has 0 aliphatic carbocycles. The average molecular weight is 420 g/mol. The lowest BCUT2D eigenvalue weighted by atomic mass is 10.1. The molecule has 0 aromatic heterocycles. The molecule has 3 amide bonds. The van der Waals surface area contributed by atoms with Crippen LogP contribution in [0.5, 0.6) is 0 Å². The molecule has 0 heterocycles. The fraction of sp³-hybridized carbons (Fsp3) is 0.600. The first-order valence-corrected chi connectivity index (χ1v) is 8.32. The number of hydrogen-bond donors (Lipinski definition) is 8. The lowest BCUT2D eigenvalue weighted by molar-refractivity contribution is -0.144. The second kappa shape index (κ2) is 12.2. The van der Waals surface area contributed by atoms with Crippen LogP contribution >= 0.6 is 0 Å². The van der Waals surface area contributed by atoms with Crippen molar-refractivity contribution >= 4 is 35.6 Å². The zero-order valence-electron chi connectivity index (χ0n) is 15.5. The van der Waals surface area contributed by atoms with E-state index >= 15 is 0 Å². The molecule has 0 aliphatic heterocycles. The Morgan fingerprint density at radius 2 is 1.48 bits per heavy atom. The number of rotatable bonds is 13. The molecular formula is C15H24N4O10. The Kier molecular flexibility index (Phi) is 10.9. The molecule has 164 valence electrons. The largest absolute Gasteiger partial charge is 0.481 e. The van der Waals surface area contributed by atoms with Gasteiger partial charge in [-0.1, -0.05) is 0 Å². The Hall–Kier alpha value is -3.26. The molecule has 0 aromatic carbocycles. The van der Waals surface area contributed by atoms with E-state index in [0.717, 1.165) is 0 Å². The molecule has 4 atom stereocenters. The summed E-state index contributed by atoms with van der Waals surface area (Å²) in [5.74, 6) is -7.33. The molecule has 29 heavy (non-hydrogen) atoms. The van der Waals surface area contributed by atoms with Crippen molar-refractivity contribution in [2.45, 2.75) is 50.4 Å². The van der Waals surface area contributed by atoms with Gasteiger partial charge in [0.15, 0.2) is 0 Å². The number of aliphatic hydroxyl groups excluding tert-OH is 1. The molecule has 4 unspecified atom stereocenters. The SMILES string of the molecule is CC(O)C(N)C(=O)NCC(=O)NC(CC(=O)O)C(=O)NC(CCC(=O)O)C(=O)O. The van der Waals surface area contributed by atoms with Crippen molar-refractivity contribution in [3.8, 4) is 0 Å². The van der Waals surface area contributed by atoms with Crippen molar-refractivity contribution in [2.24, 2.45) is 5.73 Å². The molecule has 0 rings (SSSR count). The van der Waals surface area contributed by atoms with Gasteiger partial charge in [0.05, 0.1) is 19.1 Å². The van der Waals surface area contributed by atoms with Crippen molar-refractivity contribution in [3.63, 3.8) is 0 Å². The second-order valence-electron chi connectivity index (χ2n) is 6.03. The molecule has 0 bridgehead atoms. The highest BCUT2D eigenvalue weighted by molar-refractivity contribution is 5.94. The second-order valence-corrected chi connectivity index (χ2v) is 6.03. The lowest BCUT2D eigenvalue weighted by Crippen LogP contribution is -2.55. The first kappa shape index (κ1) is 25.7. The Morgan fingerprint density at radius 1 is 0.897 bits per heavy atom. The summed E-state index contributed by atoms with van der Waals surface area (Å²) in [7, 11) is 0. The number of aliphatic carboxylic acids is 3. The number of carboxylic acid groups (broad SMARTS) is 3.